The largest absolute Gasteiger partial charge is 0.398 e. The summed E-state index contributed by atoms with van der Waals surface area (Å²) in [6, 6.07) is 8.03. The minimum absolute atomic E-state index is 0.136. The van der Waals surface area contributed by atoms with E-state index in [0.717, 1.165) is 0 Å². The summed E-state index contributed by atoms with van der Waals surface area (Å²) in [6.07, 6.45) is -1.27. The van der Waals surface area contributed by atoms with Gasteiger partial charge in [0.15, 0.2) is 5.65 Å². The van der Waals surface area contributed by atoms with Gasteiger partial charge in [-0.3, -0.25) is 4.68 Å². The Kier molecular flexibility index (Phi) is 3.22. The zero-order valence-electron chi connectivity index (χ0n) is 11.6. The van der Waals surface area contributed by atoms with Crippen molar-refractivity contribution in [1.82, 2.24) is 14.8 Å². The monoisotopic (exact) mass is 299 g/mol. The molecule has 110 valence electrons. The molecule has 1 aromatic carbocycles. The summed E-state index contributed by atoms with van der Waals surface area (Å²) in [7, 11) is 1.64. The van der Waals surface area contributed by atoms with Gasteiger partial charge in [0.1, 0.15) is 6.07 Å². The molecule has 3 rings (SSSR count). The van der Waals surface area contributed by atoms with Crippen LogP contribution in [0.4, 0.5) is 14.5 Å². The molecule has 0 amide bonds. The molecule has 0 saturated heterocycles. The molecular weight excluding hydrogens is 288 g/mol. The highest BCUT2D eigenvalue weighted by molar-refractivity contribution is 5.83. The van der Waals surface area contributed by atoms with E-state index in [4.69, 9.17) is 11.0 Å². The number of hydrogen-bond acceptors (Lipinski definition) is 4. The molecule has 2 N–H and O–H groups in total. The number of nitrogens with zero attached hydrogens (tertiary/aromatic N) is 4. The number of aryl methyl sites for hydroxylation is 1. The first-order valence-corrected chi connectivity index (χ1v) is 6.42. The summed E-state index contributed by atoms with van der Waals surface area (Å²) in [5.41, 5.74) is 7.42. The molecule has 0 spiro atoms. The molecule has 0 unspecified atom stereocenters. The second-order valence-corrected chi connectivity index (χ2v) is 4.82. The first-order chi connectivity index (χ1) is 10.5. The Hall–Kier alpha value is -3.01. The first kappa shape index (κ1) is 13.9. The number of anilines is 1. The molecule has 2 aromatic heterocycles. The predicted octanol–water partition coefficient (Wildman–Crippen LogP) is 3.03. The van der Waals surface area contributed by atoms with E-state index < -0.39 is 6.43 Å². The number of nitrogens with two attached hydrogens (primary N) is 1. The number of aromatic nitrogens is 3. The van der Waals surface area contributed by atoms with Gasteiger partial charge in [0.05, 0.1) is 17.5 Å². The molecule has 0 radical (unpaired) electrons. The fourth-order valence-electron chi connectivity index (χ4n) is 2.28. The Bertz CT molecular complexity index is 908. The first-order valence-electron chi connectivity index (χ1n) is 6.42. The van der Waals surface area contributed by atoms with Crippen LogP contribution in [0.2, 0.25) is 0 Å². The minimum Gasteiger partial charge on any atom is -0.398 e. The quantitative estimate of drug-likeness (QED) is 0.737. The Labute approximate surface area is 124 Å². The molecule has 7 heteroatoms. The van der Waals surface area contributed by atoms with E-state index in [2.05, 4.69) is 10.1 Å². The van der Waals surface area contributed by atoms with Gasteiger partial charge in [0.25, 0.3) is 6.43 Å². The summed E-state index contributed by atoms with van der Waals surface area (Å²) >= 11 is 0. The second kappa shape index (κ2) is 5.07. The van der Waals surface area contributed by atoms with Gasteiger partial charge in [-0.2, -0.15) is 10.4 Å². The van der Waals surface area contributed by atoms with Crippen LogP contribution in [0.3, 0.4) is 0 Å². The molecule has 0 aliphatic rings. The maximum absolute atomic E-state index is 13.3. The lowest BCUT2D eigenvalue weighted by Crippen LogP contribution is -1.97. The van der Waals surface area contributed by atoms with Gasteiger partial charge in [-0.15, -0.1) is 0 Å². The Morgan fingerprint density at radius 2 is 2.09 bits per heavy atom. The Morgan fingerprint density at radius 3 is 2.77 bits per heavy atom. The zero-order valence-corrected chi connectivity index (χ0v) is 11.6. The summed E-state index contributed by atoms with van der Waals surface area (Å²) in [5.74, 6) is 0. The number of benzene rings is 1. The fourth-order valence-corrected chi connectivity index (χ4v) is 2.28. The number of pyridine rings is 1. The van der Waals surface area contributed by atoms with Gasteiger partial charge in [0.2, 0.25) is 0 Å². The van der Waals surface area contributed by atoms with Crippen molar-refractivity contribution in [3.63, 3.8) is 0 Å². The summed E-state index contributed by atoms with van der Waals surface area (Å²) in [6.45, 7) is 0. The molecule has 0 atom stereocenters. The second-order valence-electron chi connectivity index (χ2n) is 4.82. The standard InChI is InChI=1S/C15H11F2N5/c1-22-15-11(7-20-22)10(14(16)17)5-13(21-15)8-2-3-12(19)9(4-8)6-18/h2-5,7,14H,19H2,1H3. The molecule has 5 nitrogen and oxygen atoms in total. The third-order valence-corrected chi connectivity index (χ3v) is 3.44. The average Bonchev–Trinajstić information content (AvgIpc) is 2.88. The molecule has 0 aliphatic carbocycles. The summed E-state index contributed by atoms with van der Waals surface area (Å²) in [5, 5.41) is 13.3. The SMILES string of the molecule is Cn1ncc2c(C(F)F)cc(-c3ccc(N)c(C#N)c3)nc21. The average molecular weight is 299 g/mol. The number of alkyl halides is 2. The van der Waals surface area contributed by atoms with Crippen molar-refractivity contribution in [3.8, 4) is 17.3 Å². The van der Waals surface area contributed by atoms with E-state index in [9.17, 15) is 8.78 Å². The predicted molar refractivity (Wildman–Crippen MR) is 78.0 cm³/mol. The van der Waals surface area contributed by atoms with E-state index in [1.54, 1.807) is 19.2 Å². The molecule has 0 fully saturated rings. The van der Waals surface area contributed by atoms with Crippen LogP contribution in [0.1, 0.15) is 17.6 Å². The molecule has 0 bridgehead atoms. The third-order valence-electron chi connectivity index (χ3n) is 3.44. The van der Waals surface area contributed by atoms with Gasteiger partial charge >= 0.3 is 0 Å². The molecule has 3 aromatic rings. The number of hydrogen-bond donors (Lipinski definition) is 1. The van der Waals surface area contributed by atoms with Crippen LogP contribution < -0.4 is 5.73 Å². The number of halogens is 2. The lowest BCUT2D eigenvalue weighted by molar-refractivity contribution is 0.153. The van der Waals surface area contributed by atoms with Gasteiger partial charge in [-0.25, -0.2) is 13.8 Å². The van der Waals surface area contributed by atoms with Crippen molar-refractivity contribution in [2.75, 3.05) is 5.73 Å². The van der Waals surface area contributed by atoms with Gasteiger partial charge in [-0.05, 0) is 18.2 Å². The highest BCUT2D eigenvalue weighted by Gasteiger charge is 2.17. The third kappa shape index (κ3) is 2.15. The maximum Gasteiger partial charge on any atom is 0.264 e. The van der Waals surface area contributed by atoms with Crippen molar-refractivity contribution in [1.29, 1.82) is 5.26 Å². The fraction of sp³-hybridized carbons (Fsp3) is 0.133. The number of fused-ring (bicyclic) bond motifs is 1. The number of nitrogen functional groups attached to an aromatic ring is 1. The van der Waals surface area contributed by atoms with Crippen molar-refractivity contribution >= 4 is 16.7 Å². The minimum atomic E-state index is -2.64. The van der Waals surface area contributed by atoms with E-state index >= 15 is 0 Å². The molecule has 2 heterocycles. The zero-order chi connectivity index (χ0) is 15.9. The smallest absolute Gasteiger partial charge is 0.264 e. The van der Waals surface area contributed by atoms with Gasteiger partial charge in [-0.1, -0.05) is 6.07 Å². The van der Waals surface area contributed by atoms with Crippen molar-refractivity contribution < 1.29 is 8.78 Å². The van der Waals surface area contributed by atoms with E-state index in [1.807, 2.05) is 6.07 Å². The van der Waals surface area contributed by atoms with Crippen LogP contribution in [-0.2, 0) is 7.05 Å². The van der Waals surface area contributed by atoms with Crippen molar-refractivity contribution in [2.45, 2.75) is 6.43 Å². The number of nitriles is 1. The van der Waals surface area contributed by atoms with Crippen molar-refractivity contribution in [3.05, 3.63) is 41.6 Å². The molecular formula is C15H11F2N5. The normalized spacial score (nSPS) is 11.0. The Morgan fingerprint density at radius 1 is 1.32 bits per heavy atom. The van der Waals surface area contributed by atoms with Crippen LogP contribution >= 0.6 is 0 Å². The topological polar surface area (TPSA) is 80.5 Å². The van der Waals surface area contributed by atoms with Crippen LogP contribution in [0.25, 0.3) is 22.3 Å². The number of rotatable bonds is 2. The lowest BCUT2D eigenvalue weighted by atomic mass is 10.0. The molecule has 0 saturated carbocycles. The van der Waals surface area contributed by atoms with Crippen LogP contribution in [-0.4, -0.2) is 14.8 Å². The van der Waals surface area contributed by atoms with Crippen molar-refractivity contribution in [2.24, 2.45) is 7.05 Å². The van der Waals surface area contributed by atoms with Gasteiger partial charge in [0, 0.05) is 29.2 Å². The van der Waals surface area contributed by atoms with E-state index in [0.29, 0.717) is 28.0 Å². The van der Waals surface area contributed by atoms with Crippen LogP contribution in [0.5, 0.6) is 0 Å². The molecule has 22 heavy (non-hydrogen) atoms. The van der Waals surface area contributed by atoms with E-state index in [-0.39, 0.29) is 11.1 Å². The lowest BCUT2D eigenvalue weighted by Gasteiger charge is -2.08. The van der Waals surface area contributed by atoms with E-state index in [1.165, 1.54) is 23.0 Å². The maximum atomic E-state index is 13.3. The highest BCUT2D eigenvalue weighted by Crippen LogP contribution is 2.31. The summed E-state index contributed by atoms with van der Waals surface area (Å²) in [4.78, 5) is 4.37. The highest BCUT2D eigenvalue weighted by atomic mass is 19.3. The van der Waals surface area contributed by atoms with Gasteiger partial charge < -0.3 is 5.73 Å². The van der Waals surface area contributed by atoms with Crippen LogP contribution in [0, 0.1) is 11.3 Å². The Balaban J connectivity index is 2.27. The summed E-state index contributed by atoms with van der Waals surface area (Å²) < 4.78 is 28.0. The molecule has 0 aliphatic heterocycles. The van der Waals surface area contributed by atoms with Crippen LogP contribution in [0.15, 0.2) is 30.5 Å².